The maximum absolute atomic E-state index is 13.4. The first-order valence-electron chi connectivity index (χ1n) is 10.1. The summed E-state index contributed by atoms with van der Waals surface area (Å²) in [6.07, 6.45) is 0. The largest absolute Gasteiger partial charge is 0.487 e. The van der Waals surface area contributed by atoms with Crippen molar-refractivity contribution in [2.75, 3.05) is 20.3 Å². The van der Waals surface area contributed by atoms with E-state index in [1.165, 1.54) is 29.2 Å². The van der Waals surface area contributed by atoms with Gasteiger partial charge in [-0.15, -0.1) is 0 Å². The zero-order valence-corrected chi connectivity index (χ0v) is 18.4. The van der Waals surface area contributed by atoms with E-state index in [9.17, 15) is 14.0 Å². The fourth-order valence-corrected chi connectivity index (χ4v) is 3.58. The van der Waals surface area contributed by atoms with Crippen molar-refractivity contribution >= 4 is 12.0 Å². The Morgan fingerprint density at radius 3 is 2.48 bits per heavy atom. The van der Waals surface area contributed by atoms with E-state index in [2.05, 4.69) is 11.4 Å². The third-order valence-electron chi connectivity index (χ3n) is 5.40. The molecule has 7 heteroatoms. The highest BCUT2D eigenvalue weighted by molar-refractivity contribution is 5.95. The molecule has 164 valence electrons. The molecule has 0 saturated carbocycles. The van der Waals surface area contributed by atoms with E-state index in [0.717, 1.165) is 16.7 Å². The lowest BCUT2D eigenvalue weighted by Crippen LogP contribution is -2.48. The Bertz CT molecular complexity index is 1030. The van der Waals surface area contributed by atoms with Gasteiger partial charge < -0.3 is 14.8 Å². The van der Waals surface area contributed by atoms with Crippen LogP contribution in [-0.2, 0) is 9.53 Å². The number of benzene rings is 2. The fourth-order valence-electron chi connectivity index (χ4n) is 3.58. The number of amides is 2. The van der Waals surface area contributed by atoms with Gasteiger partial charge in [0.05, 0.1) is 23.9 Å². The lowest BCUT2D eigenvalue weighted by Gasteiger charge is -2.34. The summed E-state index contributed by atoms with van der Waals surface area (Å²) >= 11 is 0. The number of nitrogens with zero attached hydrogens (tertiary/aromatic N) is 1. The standard InChI is InChI=1S/C24H27FN2O4/c1-6-30-23(28)21-19(13-31-20-12-14(2)11-15(3)16(20)4)27(5)24(29)26-22(21)17-7-9-18(25)10-8-17/h7-12,22H,6,13H2,1-5H3,(H,26,29)/t22-/m1/s1. The van der Waals surface area contributed by atoms with Gasteiger partial charge in [0.15, 0.2) is 0 Å². The van der Waals surface area contributed by atoms with Crippen molar-refractivity contribution in [2.24, 2.45) is 0 Å². The molecule has 1 atom stereocenters. The van der Waals surface area contributed by atoms with E-state index in [0.29, 0.717) is 17.0 Å². The van der Waals surface area contributed by atoms with Crippen LogP contribution in [0.1, 0.15) is 35.2 Å². The van der Waals surface area contributed by atoms with Crippen molar-refractivity contribution in [1.29, 1.82) is 0 Å². The molecule has 0 aromatic heterocycles. The Balaban J connectivity index is 2.05. The summed E-state index contributed by atoms with van der Waals surface area (Å²) in [5, 5.41) is 2.80. The summed E-state index contributed by atoms with van der Waals surface area (Å²) in [4.78, 5) is 26.9. The van der Waals surface area contributed by atoms with Crippen molar-refractivity contribution < 1.29 is 23.5 Å². The van der Waals surface area contributed by atoms with Crippen LogP contribution < -0.4 is 10.1 Å². The first-order chi connectivity index (χ1) is 14.7. The normalized spacial score (nSPS) is 16.3. The molecule has 0 spiro atoms. The average molecular weight is 426 g/mol. The molecule has 1 aliphatic rings. The Morgan fingerprint density at radius 2 is 1.84 bits per heavy atom. The fraction of sp³-hybridized carbons (Fsp3) is 0.333. The molecule has 3 rings (SSSR count). The van der Waals surface area contributed by atoms with Gasteiger partial charge in [0.2, 0.25) is 0 Å². The minimum Gasteiger partial charge on any atom is -0.487 e. The summed E-state index contributed by atoms with van der Waals surface area (Å²) in [6.45, 7) is 7.84. The molecule has 0 saturated heterocycles. The van der Waals surface area contributed by atoms with Crippen LogP contribution in [-0.4, -0.2) is 37.2 Å². The van der Waals surface area contributed by atoms with E-state index < -0.39 is 23.9 Å². The lowest BCUT2D eigenvalue weighted by atomic mass is 9.94. The monoisotopic (exact) mass is 426 g/mol. The second kappa shape index (κ2) is 9.20. The van der Waals surface area contributed by atoms with Crippen LogP contribution in [0.4, 0.5) is 9.18 Å². The van der Waals surface area contributed by atoms with Crippen molar-refractivity contribution in [2.45, 2.75) is 33.7 Å². The number of likely N-dealkylation sites (N-methyl/N-ethyl adjacent to an activating group) is 1. The number of hydrogen-bond acceptors (Lipinski definition) is 4. The molecule has 1 N–H and O–H groups in total. The highest BCUT2D eigenvalue weighted by atomic mass is 19.1. The molecule has 1 heterocycles. The molecular formula is C24H27FN2O4. The van der Waals surface area contributed by atoms with Crippen molar-refractivity contribution in [1.82, 2.24) is 10.2 Å². The smallest absolute Gasteiger partial charge is 0.338 e. The van der Waals surface area contributed by atoms with Crippen molar-refractivity contribution in [3.8, 4) is 5.75 Å². The predicted molar refractivity (Wildman–Crippen MR) is 115 cm³/mol. The van der Waals surface area contributed by atoms with Crippen molar-refractivity contribution in [3.05, 3.63) is 75.7 Å². The number of carbonyl (C=O) groups excluding carboxylic acids is 2. The maximum atomic E-state index is 13.4. The number of esters is 1. The van der Waals surface area contributed by atoms with Crippen LogP contribution in [0.2, 0.25) is 0 Å². The van der Waals surface area contributed by atoms with Crippen LogP contribution >= 0.6 is 0 Å². The van der Waals surface area contributed by atoms with E-state index in [1.807, 2.05) is 26.8 Å². The molecule has 2 amide bonds. The Labute approximate surface area is 181 Å². The SMILES string of the molecule is CCOC(=O)C1=C(COc2cc(C)cc(C)c2C)N(C)C(=O)N[C@@H]1c1ccc(F)cc1. The molecule has 2 aromatic rings. The second-order valence-electron chi connectivity index (χ2n) is 7.57. The average Bonchev–Trinajstić information content (AvgIpc) is 2.72. The Hall–Kier alpha value is -3.35. The summed E-state index contributed by atoms with van der Waals surface area (Å²) in [7, 11) is 1.57. The van der Waals surface area contributed by atoms with E-state index in [-0.39, 0.29) is 18.8 Å². The van der Waals surface area contributed by atoms with Gasteiger partial charge in [0.25, 0.3) is 0 Å². The molecule has 0 unspecified atom stereocenters. The highest BCUT2D eigenvalue weighted by Gasteiger charge is 2.37. The van der Waals surface area contributed by atoms with Gasteiger partial charge in [0.1, 0.15) is 18.2 Å². The van der Waals surface area contributed by atoms with Gasteiger partial charge in [-0.3, -0.25) is 4.90 Å². The van der Waals surface area contributed by atoms with Gasteiger partial charge in [-0.05, 0) is 68.1 Å². The van der Waals surface area contributed by atoms with Crippen LogP contribution in [0, 0.1) is 26.6 Å². The molecule has 2 aromatic carbocycles. The zero-order valence-electron chi connectivity index (χ0n) is 18.4. The summed E-state index contributed by atoms with van der Waals surface area (Å²) in [5.74, 6) is -0.274. The maximum Gasteiger partial charge on any atom is 0.338 e. The third-order valence-corrected chi connectivity index (χ3v) is 5.40. The van der Waals surface area contributed by atoms with Crippen LogP contribution in [0.5, 0.6) is 5.75 Å². The van der Waals surface area contributed by atoms with Gasteiger partial charge in [-0.25, -0.2) is 14.0 Å². The third kappa shape index (κ3) is 4.71. The quantitative estimate of drug-likeness (QED) is 0.698. The molecule has 0 radical (unpaired) electrons. The number of ether oxygens (including phenoxy) is 2. The number of aryl methyl sites for hydroxylation is 2. The molecular weight excluding hydrogens is 399 g/mol. The van der Waals surface area contributed by atoms with E-state index in [4.69, 9.17) is 9.47 Å². The number of nitrogens with one attached hydrogen (secondary N) is 1. The second-order valence-corrected chi connectivity index (χ2v) is 7.57. The van der Waals surface area contributed by atoms with Crippen LogP contribution in [0.3, 0.4) is 0 Å². The minimum atomic E-state index is -0.776. The first kappa shape index (κ1) is 22.3. The van der Waals surface area contributed by atoms with E-state index >= 15 is 0 Å². The minimum absolute atomic E-state index is 0.000500. The van der Waals surface area contributed by atoms with E-state index in [1.54, 1.807) is 14.0 Å². The van der Waals surface area contributed by atoms with Crippen LogP contribution in [0.25, 0.3) is 0 Å². The molecule has 31 heavy (non-hydrogen) atoms. The Kier molecular flexibility index (Phi) is 6.63. The molecule has 0 fully saturated rings. The lowest BCUT2D eigenvalue weighted by molar-refractivity contribution is -0.139. The number of halogens is 1. The summed E-state index contributed by atoms with van der Waals surface area (Å²) < 4.78 is 24.8. The number of hydrogen-bond donors (Lipinski definition) is 1. The molecule has 1 aliphatic heterocycles. The molecule has 0 bridgehead atoms. The molecule has 6 nitrogen and oxygen atoms in total. The van der Waals surface area contributed by atoms with Gasteiger partial charge in [-0.1, -0.05) is 18.2 Å². The topological polar surface area (TPSA) is 67.9 Å². The summed E-state index contributed by atoms with van der Waals surface area (Å²) in [6, 6.07) is 8.48. The van der Waals surface area contributed by atoms with Gasteiger partial charge in [-0.2, -0.15) is 0 Å². The van der Waals surface area contributed by atoms with Gasteiger partial charge >= 0.3 is 12.0 Å². The summed E-state index contributed by atoms with van der Waals surface area (Å²) in [5.41, 5.74) is 4.37. The van der Waals surface area contributed by atoms with Gasteiger partial charge in [0, 0.05) is 7.05 Å². The Morgan fingerprint density at radius 1 is 1.16 bits per heavy atom. The number of urea groups is 1. The zero-order chi connectivity index (χ0) is 22.7. The number of rotatable bonds is 6. The predicted octanol–water partition coefficient (Wildman–Crippen LogP) is 4.34. The number of carbonyl (C=O) groups is 2. The first-order valence-corrected chi connectivity index (χ1v) is 10.1. The molecule has 0 aliphatic carbocycles. The highest BCUT2D eigenvalue weighted by Crippen LogP contribution is 2.32. The van der Waals surface area contributed by atoms with Crippen molar-refractivity contribution in [3.63, 3.8) is 0 Å². The van der Waals surface area contributed by atoms with Crippen LogP contribution in [0.15, 0.2) is 47.7 Å².